The highest BCUT2D eigenvalue weighted by atomic mass is 16.5. The molecule has 0 amide bonds. The minimum atomic E-state index is 0.796. The van der Waals surface area contributed by atoms with Gasteiger partial charge < -0.3 is 4.74 Å². The smallest absolute Gasteiger partial charge is 0.128 e. The summed E-state index contributed by atoms with van der Waals surface area (Å²) in [4.78, 5) is 0. The monoisotopic (exact) mass is 209 g/mol. The number of hydrogen-bond donors (Lipinski definition) is 0. The predicted molar refractivity (Wildman–Crippen MR) is 66.5 cm³/mol. The van der Waals surface area contributed by atoms with E-state index in [2.05, 4.69) is 0 Å². The third-order valence-corrected chi connectivity index (χ3v) is 2.28. The van der Waals surface area contributed by atoms with Crippen LogP contribution in [0.2, 0.25) is 0 Å². The molecule has 0 spiro atoms. The van der Waals surface area contributed by atoms with Crippen molar-refractivity contribution in [3.8, 4) is 11.5 Å². The number of aryl methyl sites for hydroxylation is 1. The van der Waals surface area contributed by atoms with Crippen molar-refractivity contribution in [3.63, 3.8) is 0 Å². The highest BCUT2D eigenvalue weighted by Gasteiger charge is 1.97. The fraction of sp³-hybridized carbons (Fsp3) is 0.0667. The molecular formula is C15H13O. The molecule has 2 aromatic rings. The summed E-state index contributed by atoms with van der Waals surface area (Å²) in [6.45, 7) is 7.49. The van der Waals surface area contributed by atoms with Gasteiger partial charge in [-0.2, -0.15) is 0 Å². The van der Waals surface area contributed by atoms with Crippen LogP contribution in [0.15, 0.2) is 48.5 Å². The van der Waals surface area contributed by atoms with Crippen LogP contribution in [0.25, 0.3) is 6.08 Å². The fourth-order valence-electron chi connectivity index (χ4n) is 1.50. The molecule has 0 aliphatic heterocycles. The minimum absolute atomic E-state index is 0.796. The van der Waals surface area contributed by atoms with Crippen molar-refractivity contribution in [2.45, 2.75) is 6.92 Å². The minimum Gasteiger partial charge on any atom is -0.457 e. The molecule has 1 radical (unpaired) electrons. The average Bonchev–Trinajstić information content (AvgIpc) is 2.29. The fourth-order valence-corrected chi connectivity index (χ4v) is 1.50. The van der Waals surface area contributed by atoms with Crippen LogP contribution >= 0.6 is 0 Å². The van der Waals surface area contributed by atoms with Crippen LogP contribution in [0.1, 0.15) is 11.1 Å². The van der Waals surface area contributed by atoms with E-state index in [-0.39, 0.29) is 0 Å². The predicted octanol–water partition coefficient (Wildman–Crippen LogP) is 4.23. The van der Waals surface area contributed by atoms with Gasteiger partial charge in [0.05, 0.1) is 0 Å². The second kappa shape index (κ2) is 4.67. The zero-order chi connectivity index (χ0) is 11.4. The summed E-state index contributed by atoms with van der Waals surface area (Å²) in [6, 6.07) is 15.6. The second-order valence-electron chi connectivity index (χ2n) is 3.66. The number of rotatable bonds is 3. The molecule has 0 aromatic heterocycles. The van der Waals surface area contributed by atoms with Gasteiger partial charge in [-0.25, -0.2) is 0 Å². The lowest BCUT2D eigenvalue weighted by Gasteiger charge is -2.06. The number of hydrogen-bond acceptors (Lipinski definition) is 1. The maximum atomic E-state index is 5.73. The summed E-state index contributed by atoms with van der Waals surface area (Å²) in [5.41, 5.74) is 2.13. The molecule has 2 rings (SSSR count). The lowest BCUT2D eigenvalue weighted by molar-refractivity contribution is 0.482. The first kappa shape index (κ1) is 10.5. The van der Waals surface area contributed by atoms with E-state index in [1.165, 1.54) is 5.56 Å². The summed E-state index contributed by atoms with van der Waals surface area (Å²) in [5, 5.41) is 0. The first-order valence-electron chi connectivity index (χ1n) is 5.17. The zero-order valence-electron chi connectivity index (χ0n) is 9.18. The van der Waals surface area contributed by atoms with Crippen LogP contribution in [0.5, 0.6) is 11.5 Å². The molecule has 0 atom stereocenters. The molecule has 0 aliphatic rings. The Morgan fingerprint density at radius 2 is 1.69 bits per heavy atom. The van der Waals surface area contributed by atoms with Gasteiger partial charge in [0.25, 0.3) is 0 Å². The van der Waals surface area contributed by atoms with Gasteiger partial charge in [-0.3, -0.25) is 0 Å². The molecule has 0 saturated carbocycles. The van der Waals surface area contributed by atoms with Crippen LogP contribution in [0.3, 0.4) is 0 Å². The Morgan fingerprint density at radius 3 is 2.38 bits per heavy atom. The molecule has 79 valence electrons. The van der Waals surface area contributed by atoms with E-state index in [0.717, 1.165) is 17.1 Å². The quantitative estimate of drug-likeness (QED) is 0.734. The summed E-state index contributed by atoms with van der Waals surface area (Å²) in [6.07, 6.45) is 1.56. The van der Waals surface area contributed by atoms with E-state index in [1.54, 1.807) is 6.08 Å². The van der Waals surface area contributed by atoms with E-state index >= 15 is 0 Å². The molecule has 0 N–H and O–H groups in total. The summed E-state index contributed by atoms with van der Waals surface area (Å²) < 4.78 is 5.73. The largest absolute Gasteiger partial charge is 0.457 e. The molecular weight excluding hydrogens is 196 g/mol. The summed E-state index contributed by atoms with van der Waals surface area (Å²) in [5.74, 6) is 1.64. The lowest BCUT2D eigenvalue weighted by atomic mass is 10.2. The molecule has 0 heterocycles. The van der Waals surface area contributed by atoms with Crippen LogP contribution in [0.4, 0.5) is 0 Å². The molecule has 0 fully saturated rings. The van der Waals surface area contributed by atoms with E-state index in [4.69, 9.17) is 11.3 Å². The number of benzene rings is 2. The molecule has 0 saturated heterocycles. The van der Waals surface area contributed by atoms with E-state index in [9.17, 15) is 0 Å². The SMILES string of the molecule is [CH]=Cc1cccc(Oc2cccc(C)c2)c1. The van der Waals surface area contributed by atoms with Crippen LogP contribution in [0, 0.1) is 13.5 Å². The van der Waals surface area contributed by atoms with Gasteiger partial charge in [-0.1, -0.05) is 36.9 Å². The maximum Gasteiger partial charge on any atom is 0.128 e. The van der Waals surface area contributed by atoms with Gasteiger partial charge in [-0.15, -0.1) is 0 Å². The van der Waals surface area contributed by atoms with Crippen molar-refractivity contribution in [1.29, 1.82) is 0 Å². The highest BCUT2D eigenvalue weighted by Crippen LogP contribution is 2.23. The second-order valence-corrected chi connectivity index (χ2v) is 3.66. The van der Waals surface area contributed by atoms with Crippen molar-refractivity contribution < 1.29 is 4.74 Å². The van der Waals surface area contributed by atoms with Crippen molar-refractivity contribution in [2.75, 3.05) is 0 Å². The molecule has 1 nitrogen and oxygen atoms in total. The van der Waals surface area contributed by atoms with Gasteiger partial charge >= 0.3 is 0 Å². The van der Waals surface area contributed by atoms with Crippen LogP contribution < -0.4 is 4.74 Å². The Bertz CT molecular complexity index is 500. The molecule has 1 heteroatoms. The third-order valence-electron chi connectivity index (χ3n) is 2.28. The molecule has 2 aromatic carbocycles. The Labute approximate surface area is 96.0 Å². The Balaban J connectivity index is 2.23. The average molecular weight is 209 g/mol. The van der Waals surface area contributed by atoms with E-state index in [0.29, 0.717) is 0 Å². The van der Waals surface area contributed by atoms with Gasteiger partial charge in [-0.05, 0) is 42.3 Å². The van der Waals surface area contributed by atoms with Crippen molar-refractivity contribution in [1.82, 2.24) is 0 Å². The van der Waals surface area contributed by atoms with Crippen LogP contribution in [-0.2, 0) is 0 Å². The van der Waals surface area contributed by atoms with Crippen LogP contribution in [-0.4, -0.2) is 0 Å². The first-order chi connectivity index (χ1) is 7.78. The molecule has 0 bridgehead atoms. The zero-order valence-corrected chi connectivity index (χ0v) is 9.18. The topological polar surface area (TPSA) is 9.23 Å². The highest BCUT2D eigenvalue weighted by molar-refractivity contribution is 5.49. The van der Waals surface area contributed by atoms with Gasteiger partial charge in [0.1, 0.15) is 11.5 Å². The van der Waals surface area contributed by atoms with Gasteiger partial charge in [0.15, 0.2) is 0 Å². The van der Waals surface area contributed by atoms with Crippen molar-refractivity contribution in [3.05, 3.63) is 66.2 Å². The van der Waals surface area contributed by atoms with E-state index in [1.807, 2.05) is 55.5 Å². The van der Waals surface area contributed by atoms with Crippen molar-refractivity contribution >= 4 is 6.08 Å². The maximum absolute atomic E-state index is 5.73. The lowest BCUT2D eigenvalue weighted by Crippen LogP contribution is -1.85. The Hall–Kier alpha value is -2.02. The van der Waals surface area contributed by atoms with Crippen molar-refractivity contribution in [2.24, 2.45) is 0 Å². The molecule has 0 unspecified atom stereocenters. The van der Waals surface area contributed by atoms with E-state index < -0.39 is 0 Å². The Kier molecular flexibility index (Phi) is 3.06. The molecule has 16 heavy (non-hydrogen) atoms. The first-order valence-corrected chi connectivity index (χ1v) is 5.17. The Morgan fingerprint density at radius 1 is 1.00 bits per heavy atom. The third kappa shape index (κ3) is 2.51. The standard InChI is InChI=1S/C15H13O/c1-3-13-7-5-9-15(11-13)16-14-8-4-6-12(2)10-14/h1,3-11H,2H3. The molecule has 0 aliphatic carbocycles. The summed E-state index contributed by atoms with van der Waals surface area (Å²) >= 11 is 0. The normalized spacial score (nSPS) is 9.81. The van der Waals surface area contributed by atoms with Gasteiger partial charge in [0, 0.05) is 0 Å². The summed E-state index contributed by atoms with van der Waals surface area (Å²) in [7, 11) is 0. The number of ether oxygens (including phenoxy) is 1. The van der Waals surface area contributed by atoms with Gasteiger partial charge in [0.2, 0.25) is 0 Å².